The average Bonchev–Trinajstić information content (AvgIpc) is 2.55. The molecule has 0 bridgehead atoms. The van der Waals surface area contributed by atoms with E-state index in [0.717, 1.165) is 28.1 Å². The molecule has 2 rings (SSSR count). The Morgan fingerprint density at radius 2 is 2.29 bits per heavy atom. The fourth-order valence-electron chi connectivity index (χ4n) is 1.50. The molecule has 0 spiro atoms. The van der Waals surface area contributed by atoms with Crippen LogP contribution in [-0.4, -0.2) is 16.4 Å². The number of imidazole rings is 1. The number of nitrogens with one attached hydrogen (secondary N) is 1. The Morgan fingerprint density at radius 1 is 1.50 bits per heavy atom. The Morgan fingerprint density at radius 3 is 2.93 bits per heavy atom. The largest absolute Gasteiger partial charge is 0.387 e. The molecule has 2 aromatic rings. The predicted octanol–water partition coefficient (Wildman–Crippen LogP) is 2.70. The number of halogens is 1. The molecule has 0 aliphatic rings. The number of hydrogen-bond donors (Lipinski definition) is 1. The molecule has 0 atom stereocenters. The van der Waals surface area contributed by atoms with Crippen LogP contribution < -0.4 is 5.32 Å². The van der Waals surface area contributed by atoms with Gasteiger partial charge in [-0.05, 0) is 28.1 Å². The molecule has 0 amide bonds. The maximum atomic E-state index is 4.44. The van der Waals surface area contributed by atoms with Gasteiger partial charge in [0.05, 0.1) is 11.2 Å². The minimum absolute atomic E-state index is 0.914. The quantitative estimate of drug-likeness (QED) is 0.892. The lowest BCUT2D eigenvalue weighted by Gasteiger charge is -2.02. The zero-order chi connectivity index (χ0) is 10.1. The number of anilines is 1. The van der Waals surface area contributed by atoms with Gasteiger partial charge < -0.3 is 9.72 Å². The van der Waals surface area contributed by atoms with Crippen molar-refractivity contribution in [3.05, 3.63) is 28.8 Å². The Hall–Kier alpha value is -1.03. The molecule has 0 unspecified atom stereocenters. The van der Waals surface area contributed by atoms with Gasteiger partial charge >= 0.3 is 0 Å². The third-order valence-corrected chi connectivity index (χ3v) is 2.85. The van der Waals surface area contributed by atoms with E-state index in [9.17, 15) is 0 Å². The maximum absolute atomic E-state index is 4.44. The molecule has 74 valence electrons. The van der Waals surface area contributed by atoms with Crippen molar-refractivity contribution in [1.82, 2.24) is 9.38 Å². The molecule has 4 heteroatoms. The van der Waals surface area contributed by atoms with Crippen molar-refractivity contribution in [1.29, 1.82) is 0 Å². The lowest BCUT2D eigenvalue weighted by Crippen LogP contribution is -1.95. The van der Waals surface area contributed by atoms with Gasteiger partial charge in [0.1, 0.15) is 10.4 Å². The van der Waals surface area contributed by atoms with Crippen molar-refractivity contribution >= 4 is 27.1 Å². The van der Waals surface area contributed by atoms with E-state index in [4.69, 9.17) is 0 Å². The second-order valence-corrected chi connectivity index (χ2v) is 3.85. The van der Waals surface area contributed by atoms with E-state index < -0.39 is 0 Å². The van der Waals surface area contributed by atoms with Crippen molar-refractivity contribution in [3.63, 3.8) is 0 Å². The van der Waals surface area contributed by atoms with Crippen molar-refractivity contribution in [2.75, 3.05) is 12.4 Å². The fraction of sp³-hybridized carbons (Fsp3) is 0.300. The second kappa shape index (κ2) is 3.61. The van der Waals surface area contributed by atoms with Gasteiger partial charge in [0.25, 0.3) is 0 Å². The smallest absolute Gasteiger partial charge is 0.132 e. The summed E-state index contributed by atoms with van der Waals surface area (Å²) >= 11 is 3.45. The number of nitrogens with zero attached hydrogens (tertiary/aromatic N) is 2. The van der Waals surface area contributed by atoms with Crippen LogP contribution in [0.1, 0.15) is 12.7 Å². The summed E-state index contributed by atoms with van der Waals surface area (Å²) in [6.45, 7) is 2.10. The Kier molecular flexibility index (Phi) is 2.46. The van der Waals surface area contributed by atoms with Crippen molar-refractivity contribution in [3.8, 4) is 0 Å². The molecule has 0 saturated carbocycles. The van der Waals surface area contributed by atoms with Gasteiger partial charge in [0, 0.05) is 19.7 Å². The molecule has 14 heavy (non-hydrogen) atoms. The third kappa shape index (κ3) is 1.39. The molecular formula is C10H12BrN3. The molecule has 0 aromatic carbocycles. The van der Waals surface area contributed by atoms with Gasteiger partial charge in [-0.25, -0.2) is 4.98 Å². The monoisotopic (exact) mass is 253 g/mol. The summed E-state index contributed by atoms with van der Waals surface area (Å²) in [6, 6.07) is 4.10. The third-order valence-electron chi connectivity index (χ3n) is 2.27. The molecule has 1 N–H and O–H groups in total. The molecule has 2 aromatic heterocycles. The lowest BCUT2D eigenvalue weighted by atomic mass is 10.3. The summed E-state index contributed by atoms with van der Waals surface area (Å²) in [4.78, 5) is 4.44. The molecule has 2 heterocycles. The highest BCUT2D eigenvalue weighted by molar-refractivity contribution is 9.10. The van der Waals surface area contributed by atoms with Crippen LogP contribution in [-0.2, 0) is 6.42 Å². The van der Waals surface area contributed by atoms with E-state index in [-0.39, 0.29) is 0 Å². The highest BCUT2D eigenvalue weighted by Gasteiger charge is 2.06. The number of aryl methyl sites for hydroxylation is 1. The van der Waals surface area contributed by atoms with E-state index >= 15 is 0 Å². The SMILES string of the molecule is CCc1nc(Br)c2ccc(NC)cn12. The summed E-state index contributed by atoms with van der Waals surface area (Å²) in [5, 5.41) is 3.12. The number of fused-ring (bicyclic) bond motifs is 1. The van der Waals surface area contributed by atoms with E-state index in [1.165, 1.54) is 0 Å². The minimum Gasteiger partial charge on any atom is -0.387 e. The van der Waals surface area contributed by atoms with E-state index in [1.54, 1.807) is 0 Å². The lowest BCUT2D eigenvalue weighted by molar-refractivity contribution is 0.931. The van der Waals surface area contributed by atoms with E-state index in [1.807, 2.05) is 13.1 Å². The first-order valence-corrected chi connectivity index (χ1v) is 5.39. The number of hydrogen-bond acceptors (Lipinski definition) is 2. The number of aromatic nitrogens is 2. The van der Waals surface area contributed by atoms with Gasteiger partial charge in [0.2, 0.25) is 0 Å². The molecule has 0 radical (unpaired) electrons. The van der Waals surface area contributed by atoms with E-state index in [0.29, 0.717) is 0 Å². The maximum Gasteiger partial charge on any atom is 0.132 e. The first kappa shape index (κ1) is 9.52. The molecule has 0 aliphatic heterocycles. The Balaban J connectivity index is 2.71. The molecule has 3 nitrogen and oxygen atoms in total. The molecule has 0 fully saturated rings. The Labute approximate surface area is 91.3 Å². The zero-order valence-corrected chi connectivity index (χ0v) is 9.80. The summed E-state index contributed by atoms with van der Waals surface area (Å²) < 4.78 is 3.02. The summed E-state index contributed by atoms with van der Waals surface area (Å²) in [5.41, 5.74) is 2.21. The van der Waals surface area contributed by atoms with Gasteiger partial charge in [-0.1, -0.05) is 6.92 Å². The van der Waals surface area contributed by atoms with Gasteiger partial charge in [0.15, 0.2) is 0 Å². The molecule has 0 aliphatic carbocycles. The topological polar surface area (TPSA) is 29.3 Å². The standard InChI is InChI=1S/C10H12BrN3/c1-3-9-13-10(11)8-5-4-7(12-2)6-14(8)9/h4-6,12H,3H2,1-2H3. The van der Waals surface area contributed by atoms with Crippen molar-refractivity contribution in [2.24, 2.45) is 0 Å². The highest BCUT2D eigenvalue weighted by atomic mass is 79.9. The minimum atomic E-state index is 0.914. The average molecular weight is 254 g/mol. The van der Waals surface area contributed by atoms with Gasteiger partial charge in [-0.15, -0.1) is 0 Å². The fourth-order valence-corrected chi connectivity index (χ4v) is 2.03. The predicted molar refractivity (Wildman–Crippen MR) is 61.8 cm³/mol. The number of pyridine rings is 1. The summed E-state index contributed by atoms with van der Waals surface area (Å²) in [7, 11) is 1.92. The second-order valence-electron chi connectivity index (χ2n) is 3.10. The van der Waals surface area contributed by atoms with Crippen LogP contribution in [0.2, 0.25) is 0 Å². The highest BCUT2D eigenvalue weighted by Crippen LogP contribution is 2.21. The summed E-state index contributed by atoms with van der Waals surface area (Å²) in [6.07, 6.45) is 2.99. The van der Waals surface area contributed by atoms with Crippen LogP contribution in [0.4, 0.5) is 5.69 Å². The number of rotatable bonds is 2. The molecular weight excluding hydrogens is 242 g/mol. The van der Waals surface area contributed by atoms with Crippen LogP contribution in [0.15, 0.2) is 22.9 Å². The van der Waals surface area contributed by atoms with E-state index in [2.05, 4.69) is 49.8 Å². The van der Waals surface area contributed by atoms with Gasteiger partial charge in [-0.2, -0.15) is 0 Å². The first-order valence-electron chi connectivity index (χ1n) is 4.60. The van der Waals surface area contributed by atoms with Crippen molar-refractivity contribution < 1.29 is 0 Å². The Bertz CT molecular complexity index is 462. The normalized spacial score (nSPS) is 10.8. The van der Waals surface area contributed by atoms with Crippen LogP contribution in [0.3, 0.4) is 0 Å². The first-order chi connectivity index (χ1) is 6.76. The van der Waals surface area contributed by atoms with Crippen LogP contribution in [0, 0.1) is 0 Å². The van der Waals surface area contributed by atoms with Crippen LogP contribution in [0.5, 0.6) is 0 Å². The van der Waals surface area contributed by atoms with Crippen molar-refractivity contribution in [2.45, 2.75) is 13.3 Å². The van der Waals surface area contributed by atoms with Gasteiger partial charge in [-0.3, -0.25) is 0 Å². The summed E-state index contributed by atoms with van der Waals surface area (Å²) in [5.74, 6) is 1.07. The van der Waals surface area contributed by atoms with Crippen LogP contribution >= 0.6 is 15.9 Å². The molecule has 0 saturated heterocycles. The van der Waals surface area contributed by atoms with Crippen LogP contribution in [0.25, 0.3) is 5.52 Å². The zero-order valence-electron chi connectivity index (χ0n) is 8.21.